The third-order valence-corrected chi connectivity index (χ3v) is 2.12. The van der Waals surface area contributed by atoms with E-state index in [2.05, 4.69) is 22.5 Å². The second-order valence-electron chi connectivity index (χ2n) is 2.37. The molecule has 11 heavy (non-hydrogen) atoms. The lowest BCUT2D eigenvalue weighted by Gasteiger charge is -2.02. The third-order valence-electron chi connectivity index (χ3n) is 1.51. The van der Waals surface area contributed by atoms with Gasteiger partial charge in [-0.25, -0.2) is 0 Å². The van der Waals surface area contributed by atoms with Crippen LogP contribution < -0.4 is 0 Å². The Morgan fingerprint density at radius 1 is 1.55 bits per heavy atom. The molecule has 0 saturated heterocycles. The summed E-state index contributed by atoms with van der Waals surface area (Å²) in [7, 11) is 0. The Morgan fingerprint density at radius 3 is 2.64 bits per heavy atom. The molecule has 0 fully saturated rings. The van der Waals surface area contributed by atoms with E-state index in [9.17, 15) is 5.11 Å². The minimum Gasteiger partial charge on any atom is -0.506 e. The Morgan fingerprint density at radius 2 is 2.18 bits per heavy atom. The summed E-state index contributed by atoms with van der Waals surface area (Å²) in [5.74, 6) is 0.301. The third kappa shape index (κ3) is 1.63. The van der Waals surface area contributed by atoms with E-state index >= 15 is 0 Å². The second kappa shape index (κ2) is 3.09. The summed E-state index contributed by atoms with van der Waals surface area (Å²) in [5.41, 5.74) is 1.86. The van der Waals surface area contributed by atoms with Gasteiger partial charge >= 0.3 is 0 Å². The maximum Gasteiger partial charge on any atom is 0.132 e. The van der Waals surface area contributed by atoms with Gasteiger partial charge in [-0.05, 0) is 46.1 Å². The van der Waals surface area contributed by atoms with E-state index in [4.69, 9.17) is 0 Å². The molecule has 0 aromatic heterocycles. The van der Waals surface area contributed by atoms with Crippen LogP contribution in [-0.2, 0) is 0 Å². The molecule has 0 spiro atoms. The molecule has 0 unspecified atom stereocenters. The molecule has 2 heteroatoms. The van der Waals surface area contributed by atoms with Gasteiger partial charge in [-0.3, -0.25) is 0 Å². The molecule has 1 aromatic rings. The Balaban J connectivity index is 3.31. The largest absolute Gasteiger partial charge is 0.506 e. The maximum atomic E-state index is 9.35. The SMILES string of the molecule is C=Cc1cc(C)c(O)c(Br)c1. The van der Waals surface area contributed by atoms with Gasteiger partial charge in [0, 0.05) is 0 Å². The quantitative estimate of drug-likeness (QED) is 0.759. The molecule has 0 aliphatic rings. The highest BCUT2D eigenvalue weighted by Crippen LogP contribution is 2.28. The zero-order valence-electron chi connectivity index (χ0n) is 6.26. The number of rotatable bonds is 1. The molecule has 0 amide bonds. The highest BCUT2D eigenvalue weighted by atomic mass is 79.9. The van der Waals surface area contributed by atoms with E-state index in [1.54, 1.807) is 6.08 Å². The molecular formula is C9H9BrO. The van der Waals surface area contributed by atoms with Crippen molar-refractivity contribution < 1.29 is 5.11 Å². The van der Waals surface area contributed by atoms with Gasteiger partial charge in [-0.1, -0.05) is 12.7 Å². The van der Waals surface area contributed by atoms with Gasteiger partial charge in [0.25, 0.3) is 0 Å². The van der Waals surface area contributed by atoms with Gasteiger partial charge in [0.05, 0.1) is 4.47 Å². The highest BCUT2D eigenvalue weighted by molar-refractivity contribution is 9.10. The van der Waals surface area contributed by atoms with Crippen LogP contribution in [0.1, 0.15) is 11.1 Å². The Bertz CT molecular complexity index is 269. The van der Waals surface area contributed by atoms with Crippen molar-refractivity contribution in [2.24, 2.45) is 0 Å². The molecule has 0 bridgehead atoms. The molecule has 0 saturated carbocycles. The van der Waals surface area contributed by atoms with E-state index in [-0.39, 0.29) is 0 Å². The predicted molar refractivity (Wildman–Crippen MR) is 50.6 cm³/mol. The minimum atomic E-state index is 0.301. The van der Waals surface area contributed by atoms with Crippen LogP contribution >= 0.6 is 15.9 Å². The normalized spacial score (nSPS) is 9.64. The van der Waals surface area contributed by atoms with Crippen LogP contribution in [0, 0.1) is 6.92 Å². The summed E-state index contributed by atoms with van der Waals surface area (Å²) < 4.78 is 0.715. The molecule has 1 aromatic carbocycles. The standard InChI is InChI=1S/C9H9BrO/c1-3-7-4-6(2)9(11)8(10)5-7/h3-5,11H,1H2,2H3. The summed E-state index contributed by atoms with van der Waals surface area (Å²) in [6, 6.07) is 3.71. The van der Waals surface area contributed by atoms with Gasteiger partial charge in [0.15, 0.2) is 0 Å². The van der Waals surface area contributed by atoms with Crippen molar-refractivity contribution in [3.63, 3.8) is 0 Å². The van der Waals surface area contributed by atoms with Crippen molar-refractivity contribution >= 4 is 22.0 Å². The van der Waals surface area contributed by atoms with Crippen LogP contribution in [0.5, 0.6) is 5.75 Å². The number of phenols is 1. The lowest BCUT2D eigenvalue weighted by Crippen LogP contribution is -1.79. The van der Waals surface area contributed by atoms with E-state index in [0.29, 0.717) is 10.2 Å². The first-order chi connectivity index (χ1) is 5.15. The van der Waals surface area contributed by atoms with E-state index in [0.717, 1.165) is 11.1 Å². The molecule has 58 valence electrons. The van der Waals surface area contributed by atoms with Crippen LogP contribution in [0.4, 0.5) is 0 Å². The van der Waals surface area contributed by atoms with Crippen molar-refractivity contribution in [2.75, 3.05) is 0 Å². The molecule has 0 aliphatic carbocycles. The van der Waals surface area contributed by atoms with Crippen molar-refractivity contribution in [2.45, 2.75) is 6.92 Å². The molecule has 0 heterocycles. The van der Waals surface area contributed by atoms with Crippen LogP contribution in [0.2, 0.25) is 0 Å². The lowest BCUT2D eigenvalue weighted by atomic mass is 10.1. The van der Waals surface area contributed by atoms with Crippen LogP contribution in [-0.4, -0.2) is 5.11 Å². The topological polar surface area (TPSA) is 20.2 Å². The summed E-state index contributed by atoms with van der Waals surface area (Å²) in [4.78, 5) is 0. The Labute approximate surface area is 74.5 Å². The summed E-state index contributed by atoms with van der Waals surface area (Å²) in [5, 5.41) is 9.35. The molecule has 1 rings (SSSR count). The molecule has 0 radical (unpaired) electrons. The van der Waals surface area contributed by atoms with Gasteiger partial charge in [0.1, 0.15) is 5.75 Å². The molecule has 0 aliphatic heterocycles. The number of hydrogen-bond donors (Lipinski definition) is 1. The summed E-state index contributed by atoms with van der Waals surface area (Å²) in [6.07, 6.45) is 1.75. The number of phenolic OH excluding ortho intramolecular Hbond substituents is 1. The summed E-state index contributed by atoms with van der Waals surface area (Å²) in [6.45, 7) is 5.49. The van der Waals surface area contributed by atoms with Crippen LogP contribution in [0.25, 0.3) is 6.08 Å². The number of benzene rings is 1. The first kappa shape index (κ1) is 8.34. The first-order valence-electron chi connectivity index (χ1n) is 3.26. The second-order valence-corrected chi connectivity index (χ2v) is 3.23. The average molecular weight is 213 g/mol. The van der Waals surface area contributed by atoms with Crippen molar-refractivity contribution in [1.82, 2.24) is 0 Å². The number of aryl methyl sites for hydroxylation is 1. The fourth-order valence-electron chi connectivity index (χ4n) is 0.881. The zero-order chi connectivity index (χ0) is 8.43. The van der Waals surface area contributed by atoms with Gasteiger partial charge in [-0.15, -0.1) is 0 Å². The van der Waals surface area contributed by atoms with Crippen molar-refractivity contribution in [3.05, 3.63) is 34.3 Å². The lowest BCUT2D eigenvalue weighted by molar-refractivity contribution is 0.467. The van der Waals surface area contributed by atoms with Crippen LogP contribution in [0.15, 0.2) is 23.2 Å². The van der Waals surface area contributed by atoms with Crippen molar-refractivity contribution in [1.29, 1.82) is 0 Å². The first-order valence-corrected chi connectivity index (χ1v) is 4.06. The van der Waals surface area contributed by atoms with E-state index in [1.807, 2.05) is 19.1 Å². The number of halogens is 1. The fraction of sp³-hybridized carbons (Fsp3) is 0.111. The zero-order valence-corrected chi connectivity index (χ0v) is 7.85. The molecular weight excluding hydrogens is 204 g/mol. The summed E-state index contributed by atoms with van der Waals surface area (Å²) >= 11 is 3.24. The van der Waals surface area contributed by atoms with Gasteiger partial charge in [0.2, 0.25) is 0 Å². The molecule has 1 N–H and O–H groups in total. The molecule has 0 atom stereocenters. The minimum absolute atomic E-state index is 0.301. The van der Waals surface area contributed by atoms with Gasteiger partial charge in [-0.2, -0.15) is 0 Å². The predicted octanol–water partition coefficient (Wildman–Crippen LogP) is 3.11. The van der Waals surface area contributed by atoms with Crippen molar-refractivity contribution in [3.8, 4) is 5.75 Å². The Kier molecular flexibility index (Phi) is 2.35. The number of hydrogen-bond acceptors (Lipinski definition) is 1. The van der Waals surface area contributed by atoms with E-state index < -0.39 is 0 Å². The number of aromatic hydroxyl groups is 1. The van der Waals surface area contributed by atoms with E-state index in [1.165, 1.54) is 0 Å². The average Bonchev–Trinajstić information content (AvgIpc) is 1.99. The Hall–Kier alpha value is -0.760. The molecule has 1 nitrogen and oxygen atoms in total. The maximum absolute atomic E-state index is 9.35. The van der Waals surface area contributed by atoms with Crippen LogP contribution in [0.3, 0.4) is 0 Å². The smallest absolute Gasteiger partial charge is 0.132 e. The highest BCUT2D eigenvalue weighted by Gasteiger charge is 2.01. The monoisotopic (exact) mass is 212 g/mol. The van der Waals surface area contributed by atoms with Gasteiger partial charge < -0.3 is 5.11 Å². The fourth-order valence-corrected chi connectivity index (χ4v) is 1.46.